The van der Waals surface area contributed by atoms with Crippen molar-refractivity contribution in [3.63, 3.8) is 0 Å². The lowest BCUT2D eigenvalue weighted by Crippen LogP contribution is -2.43. The molecule has 0 aliphatic carbocycles. The van der Waals surface area contributed by atoms with Crippen LogP contribution in [0.25, 0.3) is 0 Å². The van der Waals surface area contributed by atoms with Crippen LogP contribution in [0.4, 0.5) is 5.69 Å². The van der Waals surface area contributed by atoms with Crippen LogP contribution in [0.5, 0.6) is 0 Å². The van der Waals surface area contributed by atoms with Gasteiger partial charge in [0, 0.05) is 38.4 Å². The Balaban J connectivity index is 1.23. The van der Waals surface area contributed by atoms with Gasteiger partial charge in [-0.25, -0.2) is 0 Å². The molecule has 0 radical (unpaired) electrons. The highest BCUT2D eigenvalue weighted by molar-refractivity contribution is 5.79. The van der Waals surface area contributed by atoms with Crippen LogP contribution in [0.3, 0.4) is 0 Å². The summed E-state index contributed by atoms with van der Waals surface area (Å²) in [5.74, 6) is 0.924. The number of anilines is 1. The molecular formula is C24H31N3O. The molecular weight excluding hydrogens is 346 g/mol. The maximum Gasteiger partial charge on any atom is 0.224 e. The lowest BCUT2D eigenvalue weighted by Gasteiger charge is -2.32. The molecule has 2 fully saturated rings. The van der Waals surface area contributed by atoms with Gasteiger partial charge in [-0.1, -0.05) is 48.5 Å². The zero-order valence-electron chi connectivity index (χ0n) is 16.6. The Morgan fingerprint density at radius 2 is 1.68 bits per heavy atom. The van der Waals surface area contributed by atoms with E-state index in [1.807, 2.05) is 0 Å². The SMILES string of the molecule is O=C(NCC1CCN(c2ccccc2)C1)C1CCCN(Cc2ccccc2)C1. The van der Waals surface area contributed by atoms with Crippen LogP contribution in [-0.2, 0) is 11.3 Å². The normalized spacial score (nSPS) is 22.9. The summed E-state index contributed by atoms with van der Waals surface area (Å²) in [6.45, 7) is 5.83. The number of carbonyl (C=O) groups excluding carboxylic acids is 1. The average molecular weight is 378 g/mol. The standard InChI is InChI=1S/C24H31N3O/c28-24(22-10-7-14-26(19-22)17-20-8-3-1-4-9-20)25-16-21-13-15-27(18-21)23-11-5-2-6-12-23/h1-6,8-9,11-12,21-22H,7,10,13-19H2,(H,25,28). The molecule has 1 amide bonds. The molecule has 148 valence electrons. The van der Waals surface area contributed by atoms with E-state index < -0.39 is 0 Å². The summed E-state index contributed by atoms with van der Waals surface area (Å²) >= 11 is 0. The number of amides is 1. The van der Waals surface area contributed by atoms with Crippen LogP contribution in [0.1, 0.15) is 24.8 Å². The van der Waals surface area contributed by atoms with Gasteiger partial charge < -0.3 is 10.2 Å². The molecule has 2 atom stereocenters. The predicted molar refractivity (Wildman–Crippen MR) is 114 cm³/mol. The lowest BCUT2D eigenvalue weighted by molar-refractivity contribution is -0.126. The summed E-state index contributed by atoms with van der Waals surface area (Å²) in [4.78, 5) is 17.6. The van der Waals surface area contributed by atoms with Gasteiger partial charge in [0.05, 0.1) is 5.92 Å². The molecule has 4 nitrogen and oxygen atoms in total. The van der Waals surface area contributed by atoms with Crippen molar-refractivity contribution in [2.24, 2.45) is 11.8 Å². The van der Waals surface area contributed by atoms with Gasteiger partial charge in [0.25, 0.3) is 0 Å². The zero-order valence-corrected chi connectivity index (χ0v) is 16.6. The van der Waals surface area contributed by atoms with E-state index in [0.717, 1.165) is 58.5 Å². The molecule has 0 bridgehead atoms. The van der Waals surface area contributed by atoms with E-state index >= 15 is 0 Å². The van der Waals surface area contributed by atoms with E-state index in [-0.39, 0.29) is 11.8 Å². The molecule has 4 heteroatoms. The highest BCUT2D eigenvalue weighted by Crippen LogP contribution is 2.23. The molecule has 2 aromatic rings. The van der Waals surface area contributed by atoms with Gasteiger partial charge in [-0.2, -0.15) is 0 Å². The monoisotopic (exact) mass is 377 g/mol. The van der Waals surface area contributed by atoms with E-state index in [2.05, 4.69) is 75.8 Å². The number of hydrogen-bond acceptors (Lipinski definition) is 3. The van der Waals surface area contributed by atoms with E-state index in [9.17, 15) is 4.79 Å². The Morgan fingerprint density at radius 3 is 2.46 bits per heavy atom. The first kappa shape index (κ1) is 19.0. The second-order valence-electron chi connectivity index (χ2n) is 8.24. The van der Waals surface area contributed by atoms with Gasteiger partial charge in [-0.05, 0) is 49.4 Å². The number of nitrogens with one attached hydrogen (secondary N) is 1. The van der Waals surface area contributed by atoms with Crippen molar-refractivity contribution in [3.05, 3.63) is 66.2 Å². The van der Waals surface area contributed by atoms with Gasteiger partial charge in [0.15, 0.2) is 0 Å². The first-order valence-corrected chi connectivity index (χ1v) is 10.6. The van der Waals surface area contributed by atoms with Crippen molar-refractivity contribution in [3.8, 4) is 0 Å². The Labute approximate surface area is 168 Å². The Kier molecular flexibility index (Phi) is 6.27. The van der Waals surface area contributed by atoms with Crippen LogP contribution in [0, 0.1) is 11.8 Å². The minimum absolute atomic E-state index is 0.129. The van der Waals surface area contributed by atoms with E-state index in [1.54, 1.807) is 0 Å². The van der Waals surface area contributed by atoms with Gasteiger partial charge in [-0.3, -0.25) is 9.69 Å². The van der Waals surface area contributed by atoms with Crippen LogP contribution in [0.2, 0.25) is 0 Å². The molecule has 2 saturated heterocycles. The Hall–Kier alpha value is -2.33. The highest BCUT2D eigenvalue weighted by atomic mass is 16.1. The maximum atomic E-state index is 12.8. The molecule has 2 aliphatic heterocycles. The van der Waals surface area contributed by atoms with Gasteiger partial charge in [0.1, 0.15) is 0 Å². The van der Waals surface area contributed by atoms with Crippen LogP contribution >= 0.6 is 0 Å². The van der Waals surface area contributed by atoms with Gasteiger partial charge >= 0.3 is 0 Å². The highest BCUT2D eigenvalue weighted by Gasteiger charge is 2.28. The third-order valence-electron chi connectivity index (χ3n) is 6.10. The van der Waals surface area contributed by atoms with Crippen molar-refractivity contribution in [1.82, 2.24) is 10.2 Å². The molecule has 0 spiro atoms. The molecule has 2 heterocycles. The first-order valence-electron chi connectivity index (χ1n) is 10.6. The minimum Gasteiger partial charge on any atom is -0.371 e. The van der Waals surface area contributed by atoms with Crippen molar-refractivity contribution >= 4 is 11.6 Å². The summed E-state index contributed by atoms with van der Waals surface area (Å²) in [6, 6.07) is 21.1. The minimum atomic E-state index is 0.129. The molecule has 2 unspecified atom stereocenters. The number of likely N-dealkylation sites (tertiary alicyclic amines) is 1. The quantitative estimate of drug-likeness (QED) is 0.836. The van der Waals surface area contributed by atoms with Crippen molar-refractivity contribution in [1.29, 1.82) is 0 Å². The number of rotatable bonds is 6. The molecule has 28 heavy (non-hydrogen) atoms. The Morgan fingerprint density at radius 1 is 0.929 bits per heavy atom. The molecule has 4 rings (SSSR count). The summed E-state index contributed by atoms with van der Waals surface area (Å²) in [5, 5.41) is 3.26. The van der Waals surface area contributed by atoms with Crippen LogP contribution in [-0.4, -0.2) is 43.5 Å². The van der Waals surface area contributed by atoms with E-state index in [0.29, 0.717) is 5.92 Å². The molecule has 2 aromatic carbocycles. The topological polar surface area (TPSA) is 35.6 Å². The molecule has 0 aromatic heterocycles. The zero-order chi connectivity index (χ0) is 19.2. The van der Waals surface area contributed by atoms with Crippen molar-refractivity contribution < 1.29 is 4.79 Å². The van der Waals surface area contributed by atoms with Crippen LogP contribution < -0.4 is 10.2 Å². The summed E-state index contributed by atoms with van der Waals surface area (Å²) < 4.78 is 0. The number of benzene rings is 2. The first-order chi connectivity index (χ1) is 13.8. The fraction of sp³-hybridized carbons (Fsp3) is 0.458. The largest absolute Gasteiger partial charge is 0.371 e. The third-order valence-corrected chi connectivity index (χ3v) is 6.10. The fourth-order valence-electron chi connectivity index (χ4n) is 4.52. The predicted octanol–water partition coefficient (Wildman–Crippen LogP) is 3.54. The molecule has 1 N–H and O–H groups in total. The number of piperidine rings is 1. The van der Waals surface area contributed by atoms with Crippen molar-refractivity contribution in [2.75, 3.05) is 37.6 Å². The summed E-state index contributed by atoms with van der Waals surface area (Å²) in [7, 11) is 0. The second kappa shape index (κ2) is 9.24. The second-order valence-corrected chi connectivity index (χ2v) is 8.24. The lowest BCUT2D eigenvalue weighted by atomic mass is 9.96. The summed E-state index contributed by atoms with van der Waals surface area (Å²) in [5.41, 5.74) is 2.62. The van der Waals surface area contributed by atoms with Crippen LogP contribution in [0.15, 0.2) is 60.7 Å². The summed E-state index contributed by atoms with van der Waals surface area (Å²) in [6.07, 6.45) is 3.27. The maximum absolute atomic E-state index is 12.8. The van der Waals surface area contributed by atoms with E-state index in [4.69, 9.17) is 0 Å². The number of para-hydroxylation sites is 1. The third kappa shape index (κ3) is 4.93. The number of carbonyl (C=O) groups is 1. The Bertz CT molecular complexity index is 749. The molecule has 2 aliphatic rings. The average Bonchev–Trinajstić information content (AvgIpc) is 3.23. The van der Waals surface area contributed by atoms with E-state index in [1.165, 1.54) is 11.3 Å². The number of nitrogens with zero attached hydrogens (tertiary/aromatic N) is 2. The number of hydrogen-bond donors (Lipinski definition) is 1. The van der Waals surface area contributed by atoms with Gasteiger partial charge in [-0.15, -0.1) is 0 Å². The molecule has 0 saturated carbocycles. The van der Waals surface area contributed by atoms with Gasteiger partial charge in [0.2, 0.25) is 5.91 Å². The smallest absolute Gasteiger partial charge is 0.224 e. The van der Waals surface area contributed by atoms with Crippen molar-refractivity contribution in [2.45, 2.75) is 25.8 Å². The fourth-order valence-corrected chi connectivity index (χ4v) is 4.52.